The van der Waals surface area contributed by atoms with E-state index in [1.165, 1.54) is 5.92 Å². The van der Waals surface area contributed by atoms with Crippen molar-refractivity contribution in [2.24, 2.45) is 0 Å². The Morgan fingerprint density at radius 2 is 1.09 bits per heavy atom. The lowest BCUT2D eigenvalue weighted by atomic mass is 9.96. The molecule has 34 heavy (non-hydrogen) atoms. The van der Waals surface area contributed by atoms with Crippen LogP contribution in [-0.2, 0) is 6.42 Å². The molecule has 0 N–H and O–H groups in total. The Hall–Kier alpha value is -3.67. The lowest BCUT2D eigenvalue weighted by molar-refractivity contribution is -0.0696. The molecule has 0 aliphatic carbocycles. The molecule has 0 radical (unpaired) electrons. The minimum absolute atomic E-state index is 0.291. The van der Waals surface area contributed by atoms with E-state index in [4.69, 9.17) is 0 Å². The molecule has 0 aromatic heterocycles. The van der Waals surface area contributed by atoms with E-state index in [9.17, 15) is 39.5 Å². The highest BCUT2D eigenvalue weighted by atomic mass is 19.4. The lowest BCUT2D eigenvalue weighted by Gasteiger charge is -2.12. The first-order chi connectivity index (χ1) is 15.9. The summed E-state index contributed by atoms with van der Waals surface area (Å²) in [4.78, 5) is 0. The number of rotatable bonds is 5. The minimum Gasteiger partial charge on any atom is -0.206 e. The number of allylic oxidation sites excluding steroid dienone is 1. The van der Waals surface area contributed by atoms with Crippen LogP contribution in [-0.4, -0.2) is 6.18 Å². The van der Waals surface area contributed by atoms with Crippen LogP contribution in [0.1, 0.15) is 17.5 Å². The maximum absolute atomic E-state index is 14.7. The predicted octanol–water partition coefficient (Wildman–Crippen LogP) is 7.89. The van der Waals surface area contributed by atoms with E-state index >= 15 is 0 Å². The molecule has 0 aliphatic heterocycles. The molecule has 0 amide bonds. The molecule has 0 saturated heterocycles. The van der Waals surface area contributed by atoms with Crippen LogP contribution in [0.2, 0.25) is 0 Å². The number of hydrogen-bond acceptors (Lipinski definition) is 0. The summed E-state index contributed by atoms with van der Waals surface area (Å²) in [7, 11) is 0. The third kappa shape index (κ3) is 5.45. The van der Waals surface area contributed by atoms with Crippen molar-refractivity contribution < 1.29 is 39.5 Å². The van der Waals surface area contributed by atoms with E-state index < -0.39 is 68.9 Å². The fourth-order valence-corrected chi connectivity index (χ4v) is 3.28. The topological polar surface area (TPSA) is 0 Å². The van der Waals surface area contributed by atoms with Crippen molar-refractivity contribution in [3.63, 3.8) is 0 Å². The Morgan fingerprint density at radius 3 is 1.50 bits per heavy atom. The highest BCUT2D eigenvalue weighted by Gasteiger charge is 2.24. The van der Waals surface area contributed by atoms with Gasteiger partial charge >= 0.3 is 6.18 Å². The minimum atomic E-state index is -5.01. The Bertz CT molecular complexity index is 1260. The second-order valence-corrected chi connectivity index (χ2v) is 7.14. The van der Waals surface area contributed by atoms with Crippen LogP contribution in [0.5, 0.6) is 0 Å². The second-order valence-electron chi connectivity index (χ2n) is 7.14. The van der Waals surface area contributed by atoms with Crippen molar-refractivity contribution in [2.75, 3.05) is 0 Å². The van der Waals surface area contributed by atoms with E-state index in [1.807, 2.05) is 0 Å². The van der Waals surface area contributed by atoms with Crippen LogP contribution in [0, 0.1) is 46.7 Å². The summed E-state index contributed by atoms with van der Waals surface area (Å²) in [5.41, 5.74) is -3.77. The van der Waals surface area contributed by atoms with Crippen LogP contribution in [0.4, 0.5) is 39.5 Å². The first-order valence-electron chi connectivity index (χ1n) is 9.58. The Labute approximate surface area is 188 Å². The van der Waals surface area contributed by atoms with Gasteiger partial charge in [0.1, 0.15) is 34.9 Å². The summed E-state index contributed by atoms with van der Waals surface area (Å²) in [6, 6.07) is 3.99. The van der Waals surface area contributed by atoms with Crippen molar-refractivity contribution in [1.82, 2.24) is 0 Å². The molecule has 9 heteroatoms. The molecular formula is C25H13F9. The van der Waals surface area contributed by atoms with Crippen molar-refractivity contribution in [3.8, 4) is 34.1 Å². The molecule has 3 aromatic carbocycles. The number of alkyl halides is 3. The molecule has 3 aromatic rings. The molecule has 0 aliphatic rings. The number of aryl methyl sites for hydroxylation is 1. The SMILES string of the molecule is C=CCCc1cc(F)c(-c2cc(F)c(-c3cc(F)c(C#CC(F)(F)F)c(F)c3)c(F)c2)c(F)c1. The normalized spacial score (nSPS) is 11.2. The third-order valence-corrected chi connectivity index (χ3v) is 4.73. The molecule has 0 bridgehead atoms. The molecule has 3 rings (SSSR count). The van der Waals surface area contributed by atoms with E-state index in [0.717, 1.165) is 12.1 Å². The summed E-state index contributed by atoms with van der Waals surface area (Å²) < 4.78 is 123. The van der Waals surface area contributed by atoms with E-state index in [0.29, 0.717) is 48.6 Å². The molecule has 0 atom stereocenters. The number of hydrogen-bond donors (Lipinski definition) is 0. The molecule has 0 unspecified atom stereocenters. The van der Waals surface area contributed by atoms with Gasteiger partial charge in [-0.1, -0.05) is 12.0 Å². The zero-order valence-corrected chi connectivity index (χ0v) is 17.1. The average Bonchev–Trinajstić information content (AvgIpc) is 2.70. The van der Waals surface area contributed by atoms with Crippen molar-refractivity contribution in [2.45, 2.75) is 19.0 Å². The van der Waals surface area contributed by atoms with Gasteiger partial charge in [-0.15, -0.1) is 6.58 Å². The fourth-order valence-electron chi connectivity index (χ4n) is 3.28. The Balaban J connectivity index is 2.07. The predicted molar refractivity (Wildman–Crippen MR) is 109 cm³/mol. The van der Waals surface area contributed by atoms with Gasteiger partial charge in [-0.2, -0.15) is 13.2 Å². The van der Waals surface area contributed by atoms with Gasteiger partial charge in [0.2, 0.25) is 0 Å². The van der Waals surface area contributed by atoms with Gasteiger partial charge in [-0.3, -0.25) is 0 Å². The molecule has 0 heterocycles. The molecule has 0 fully saturated rings. The molecule has 0 nitrogen and oxygen atoms in total. The maximum Gasteiger partial charge on any atom is 0.458 e. The summed E-state index contributed by atoms with van der Waals surface area (Å²) in [5, 5.41) is 0. The monoisotopic (exact) mass is 484 g/mol. The first-order valence-corrected chi connectivity index (χ1v) is 9.58. The van der Waals surface area contributed by atoms with E-state index in [1.54, 1.807) is 6.08 Å². The smallest absolute Gasteiger partial charge is 0.206 e. The summed E-state index contributed by atoms with van der Waals surface area (Å²) in [6.07, 6.45) is -2.72. The van der Waals surface area contributed by atoms with Gasteiger partial charge < -0.3 is 0 Å². The van der Waals surface area contributed by atoms with E-state index in [2.05, 4.69) is 6.58 Å². The zero-order valence-electron chi connectivity index (χ0n) is 17.1. The van der Waals surface area contributed by atoms with Crippen LogP contribution >= 0.6 is 0 Å². The lowest BCUT2D eigenvalue weighted by Crippen LogP contribution is -2.03. The quantitative estimate of drug-likeness (QED) is 0.196. The van der Waals surface area contributed by atoms with E-state index in [-0.39, 0.29) is 0 Å². The van der Waals surface area contributed by atoms with Gasteiger partial charge in [-0.05, 0) is 65.9 Å². The van der Waals surface area contributed by atoms with Crippen LogP contribution in [0.25, 0.3) is 22.3 Å². The highest BCUT2D eigenvalue weighted by molar-refractivity contribution is 5.73. The average molecular weight is 484 g/mol. The Morgan fingerprint density at radius 1 is 0.676 bits per heavy atom. The van der Waals surface area contributed by atoms with Gasteiger partial charge in [0.15, 0.2) is 0 Å². The molecule has 0 spiro atoms. The molecule has 176 valence electrons. The van der Waals surface area contributed by atoms with Crippen LogP contribution in [0.3, 0.4) is 0 Å². The van der Waals surface area contributed by atoms with Gasteiger partial charge in [-0.25, -0.2) is 26.3 Å². The van der Waals surface area contributed by atoms with Crippen LogP contribution in [0.15, 0.2) is 49.1 Å². The first kappa shape index (κ1) is 25.0. The van der Waals surface area contributed by atoms with Gasteiger partial charge in [0, 0.05) is 5.92 Å². The van der Waals surface area contributed by atoms with Crippen LogP contribution < -0.4 is 0 Å². The summed E-state index contributed by atoms with van der Waals surface area (Å²) >= 11 is 0. The second kappa shape index (κ2) is 9.67. The van der Waals surface area contributed by atoms with Crippen molar-refractivity contribution >= 4 is 0 Å². The van der Waals surface area contributed by atoms with Gasteiger partial charge in [0.25, 0.3) is 0 Å². The number of halogens is 9. The Kier molecular flexibility index (Phi) is 7.10. The summed E-state index contributed by atoms with van der Waals surface area (Å²) in [5.74, 6) is -6.13. The fraction of sp³-hybridized carbons (Fsp3) is 0.120. The van der Waals surface area contributed by atoms with Gasteiger partial charge in [0.05, 0.1) is 16.7 Å². The van der Waals surface area contributed by atoms with Crippen molar-refractivity contribution in [1.29, 1.82) is 0 Å². The standard InChI is InChI=1S/C25H13F9/c1-2-3-4-13-7-19(28)23(20(29)8-13)15-11-21(30)24(22(31)12-15)14-9-17(26)16(18(27)10-14)5-6-25(32,33)34/h2,7-12H,1,3-4H2. The highest BCUT2D eigenvalue weighted by Crippen LogP contribution is 2.35. The summed E-state index contributed by atoms with van der Waals surface area (Å²) in [6.45, 7) is 3.50. The zero-order chi connectivity index (χ0) is 25.2. The number of benzene rings is 3. The third-order valence-electron chi connectivity index (χ3n) is 4.73. The molecular weight excluding hydrogens is 471 g/mol. The van der Waals surface area contributed by atoms with Crippen molar-refractivity contribution in [3.05, 3.63) is 95.1 Å². The largest absolute Gasteiger partial charge is 0.458 e. The molecule has 0 saturated carbocycles. The maximum atomic E-state index is 14.7.